The Morgan fingerprint density at radius 1 is 0.565 bits per heavy atom. The van der Waals surface area contributed by atoms with Gasteiger partial charge in [-0.05, 0) is 129 Å². The van der Waals surface area contributed by atoms with Crippen molar-refractivity contribution in [3.8, 4) is 11.5 Å². The van der Waals surface area contributed by atoms with Crippen molar-refractivity contribution >= 4 is 127 Å². The van der Waals surface area contributed by atoms with Crippen molar-refractivity contribution in [3.63, 3.8) is 0 Å². The number of carbonyl (C=O) groups is 6. The summed E-state index contributed by atoms with van der Waals surface area (Å²) in [4.78, 5) is 79.0. The second-order valence-electron chi connectivity index (χ2n) is 15.0. The molecule has 5 aromatic carbocycles. The molecule has 0 fully saturated rings. The number of nitrogens with one attached hydrogen (secondary N) is 4. The van der Waals surface area contributed by atoms with Gasteiger partial charge in [0.2, 0.25) is 12.1 Å². The van der Waals surface area contributed by atoms with Gasteiger partial charge >= 0.3 is 0 Å². The van der Waals surface area contributed by atoms with Crippen LogP contribution in [0.1, 0.15) is 63.6 Å². The van der Waals surface area contributed by atoms with E-state index in [9.17, 15) is 28.8 Å². The fourth-order valence-corrected chi connectivity index (χ4v) is 7.36. The molecule has 0 aliphatic carbocycles. The number of amides is 4. The van der Waals surface area contributed by atoms with Crippen LogP contribution in [0.3, 0.4) is 0 Å². The lowest BCUT2D eigenvalue weighted by Crippen LogP contribution is -2.32. The Bertz CT molecular complexity index is 2820. The van der Waals surface area contributed by atoms with E-state index in [1.54, 1.807) is 31.2 Å². The first kappa shape index (κ1) is 53.5. The maximum absolute atomic E-state index is 13.6. The predicted molar refractivity (Wildman–Crippen MR) is 270 cm³/mol. The molecule has 21 heteroatoms. The highest BCUT2D eigenvalue weighted by molar-refractivity contribution is 6.33. The van der Waals surface area contributed by atoms with Gasteiger partial charge in [0, 0.05) is 34.3 Å². The van der Waals surface area contributed by atoms with Gasteiger partial charge in [0.15, 0.2) is 11.6 Å². The number of hydrogen-bond donors (Lipinski definition) is 4. The van der Waals surface area contributed by atoms with Crippen LogP contribution in [0.2, 0.25) is 10.0 Å². The van der Waals surface area contributed by atoms with Gasteiger partial charge in [-0.25, -0.2) is 0 Å². The summed E-state index contributed by atoms with van der Waals surface area (Å²) in [5.41, 5.74) is 3.65. The van der Waals surface area contributed by atoms with Crippen molar-refractivity contribution in [3.05, 3.63) is 129 Å². The normalized spacial score (nSPS) is 12.5. The van der Waals surface area contributed by atoms with Crippen LogP contribution in [0, 0.1) is 0 Å². The molecule has 0 spiro atoms. The number of Topliss-reactive ketones (excluding diaryl/α,β-unsaturated/α-hetero) is 2. The maximum Gasteiger partial charge on any atom is 0.258 e. The fraction of sp³-hybridized carbons (Fsp3) is 0.250. The van der Waals surface area contributed by atoms with E-state index in [1.807, 2.05) is 12.1 Å². The molecule has 0 radical (unpaired) electrons. The molecule has 0 aliphatic heterocycles. The van der Waals surface area contributed by atoms with Crippen molar-refractivity contribution in [2.24, 2.45) is 20.5 Å². The van der Waals surface area contributed by atoms with E-state index in [-0.39, 0.29) is 43.9 Å². The first-order chi connectivity index (χ1) is 33.0. The van der Waals surface area contributed by atoms with E-state index in [0.29, 0.717) is 53.0 Å². The number of anilines is 4. The Balaban J connectivity index is 1.28. The standard InChI is InChI=1S/C48H45Cl5N8O8/c1-25(51)33-24-32(54-47(66)43(26(2)62)60-58-39-22-30(8-11-34(39)52)45(64)56-37-13-6-28(16-18-49)20-41(37)68-4)10-15-36(33)55-48(67)44(27(3)63)61-59-40-23-31(9-12-35(40)53)46(65)57-38-14-7-29(17-19-50)21-42(38)69-5/h6-15,20-25,43-44H,16-19H2,1-5H3,(H,54,66)(H,55,67)(H,56,64)(H,57,65). The van der Waals surface area contributed by atoms with E-state index < -0.39 is 52.7 Å². The minimum absolute atomic E-state index is 0.00754. The van der Waals surface area contributed by atoms with Gasteiger partial charge in [0.1, 0.15) is 22.9 Å². The quantitative estimate of drug-likeness (QED) is 0.0314. The molecule has 0 saturated heterocycles. The molecular weight excluding hydrogens is 994 g/mol. The molecule has 0 aliphatic rings. The second-order valence-corrected chi connectivity index (χ2v) is 17.3. The van der Waals surface area contributed by atoms with Crippen molar-refractivity contribution in [1.29, 1.82) is 0 Å². The van der Waals surface area contributed by atoms with Crippen molar-refractivity contribution in [1.82, 2.24) is 0 Å². The average Bonchev–Trinajstić information content (AvgIpc) is 3.31. The Kier molecular flexibility index (Phi) is 19.6. The van der Waals surface area contributed by atoms with Crippen molar-refractivity contribution in [2.75, 3.05) is 47.2 Å². The van der Waals surface area contributed by atoms with Crippen LogP contribution in [0.5, 0.6) is 11.5 Å². The van der Waals surface area contributed by atoms with Crippen LogP contribution >= 0.6 is 58.0 Å². The molecule has 0 saturated carbocycles. The highest BCUT2D eigenvalue weighted by atomic mass is 35.5. The number of aryl methyl sites for hydroxylation is 2. The first-order valence-electron chi connectivity index (χ1n) is 20.9. The molecule has 16 nitrogen and oxygen atoms in total. The molecule has 3 atom stereocenters. The van der Waals surface area contributed by atoms with Gasteiger partial charge in [0.25, 0.3) is 23.6 Å². The molecule has 4 amide bonds. The molecular formula is C48H45Cl5N8O8. The molecule has 4 N–H and O–H groups in total. The third-order valence-electron chi connectivity index (χ3n) is 10.0. The SMILES string of the molecule is COc1cc(CCCl)ccc1NC(=O)c1ccc(Cl)c(N=NC(C(C)=O)C(=O)Nc2ccc(NC(=O)C(N=Nc3cc(C(=O)Nc4ccc(CCCl)cc4OC)ccc3Cl)C(C)=O)c(C(C)Cl)c2)c1. The monoisotopic (exact) mass is 1040 g/mol. The number of rotatable bonds is 21. The van der Waals surface area contributed by atoms with Crippen LogP contribution in [0.25, 0.3) is 0 Å². The van der Waals surface area contributed by atoms with Crippen LogP contribution < -0.4 is 30.7 Å². The van der Waals surface area contributed by atoms with Gasteiger partial charge in [-0.15, -0.1) is 34.8 Å². The van der Waals surface area contributed by atoms with E-state index in [1.165, 1.54) is 68.8 Å². The minimum Gasteiger partial charge on any atom is -0.495 e. The smallest absolute Gasteiger partial charge is 0.258 e. The summed E-state index contributed by atoms with van der Waals surface area (Å²) in [5.74, 6) is -2.40. The highest BCUT2D eigenvalue weighted by Crippen LogP contribution is 2.34. The van der Waals surface area contributed by atoms with Gasteiger partial charge in [-0.2, -0.15) is 20.5 Å². The summed E-state index contributed by atoms with van der Waals surface area (Å²) in [6.45, 7) is 3.91. The zero-order valence-corrected chi connectivity index (χ0v) is 41.4. The number of carbonyl (C=O) groups excluding carboxylic acids is 6. The van der Waals surface area contributed by atoms with E-state index in [0.717, 1.165) is 25.0 Å². The van der Waals surface area contributed by atoms with Gasteiger partial charge in [-0.3, -0.25) is 28.8 Å². The average molecular weight is 1040 g/mol. The molecule has 3 unspecified atom stereocenters. The number of nitrogens with zero attached hydrogens (tertiary/aromatic N) is 4. The number of alkyl halides is 3. The first-order valence-corrected chi connectivity index (χ1v) is 23.1. The summed E-state index contributed by atoms with van der Waals surface area (Å²) >= 11 is 31.0. The number of benzene rings is 5. The number of ether oxygens (including phenoxy) is 2. The summed E-state index contributed by atoms with van der Waals surface area (Å²) < 4.78 is 10.9. The lowest BCUT2D eigenvalue weighted by atomic mass is 10.1. The highest BCUT2D eigenvalue weighted by Gasteiger charge is 2.27. The lowest BCUT2D eigenvalue weighted by Gasteiger charge is -2.17. The number of hydrogen-bond acceptors (Lipinski definition) is 12. The lowest BCUT2D eigenvalue weighted by molar-refractivity contribution is -0.127. The molecule has 360 valence electrons. The van der Waals surface area contributed by atoms with Gasteiger partial charge in [0.05, 0.1) is 41.0 Å². The Morgan fingerprint density at radius 3 is 1.41 bits per heavy atom. The van der Waals surface area contributed by atoms with Crippen LogP contribution in [-0.2, 0) is 32.0 Å². The Labute approximate surface area is 422 Å². The number of methoxy groups -OCH3 is 2. The Morgan fingerprint density at radius 2 is 1.00 bits per heavy atom. The molecule has 0 bridgehead atoms. The summed E-state index contributed by atoms with van der Waals surface area (Å²) in [5, 5.41) is 26.3. The zero-order valence-electron chi connectivity index (χ0n) is 37.7. The van der Waals surface area contributed by atoms with Gasteiger partial charge < -0.3 is 30.7 Å². The van der Waals surface area contributed by atoms with Crippen LogP contribution in [0.15, 0.2) is 111 Å². The maximum atomic E-state index is 13.6. The van der Waals surface area contributed by atoms with Gasteiger partial charge in [-0.1, -0.05) is 35.3 Å². The zero-order chi connectivity index (χ0) is 50.4. The predicted octanol–water partition coefficient (Wildman–Crippen LogP) is 11.7. The fourth-order valence-electron chi connectivity index (χ4n) is 6.43. The molecule has 5 rings (SSSR count). The summed E-state index contributed by atoms with van der Waals surface area (Å²) in [6.07, 6.45) is 1.22. The largest absolute Gasteiger partial charge is 0.495 e. The van der Waals surface area contributed by atoms with Crippen LogP contribution in [0.4, 0.5) is 34.1 Å². The minimum atomic E-state index is -1.65. The van der Waals surface area contributed by atoms with Crippen molar-refractivity contribution < 1.29 is 38.2 Å². The summed E-state index contributed by atoms with van der Waals surface area (Å²) in [7, 11) is 2.95. The third kappa shape index (κ3) is 14.5. The van der Waals surface area contributed by atoms with Crippen LogP contribution in [-0.4, -0.2) is 73.3 Å². The molecule has 0 aromatic heterocycles. The number of azo groups is 2. The van der Waals surface area contributed by atoms with E-state index >= 15 is 0 Å². The topological polar surface area (TPSA) is 218 Å². The Hall–Kier alpha value is -6.43. The summed E-state index contributed by atoms with van der Waals surface area (Å²) in [6, 6.07) is 20.1. The molecule has 5 aromatic rings. The second kappa shape index (κ2) is 25.3. The molecule has 0 heterocycles. The van der Waals surface area contributed by atoms with E-state index in [4.69, 9.17) is 67.5 Å². The van der Waals surface area contributed by atoms with Crippen molar-refractivity contribution in [2.45, 2.75) is 51.1 Å². The number of ketones is 2. The molecule has 69 heavy (non-hydrogen) atoms. The van der Waals surface area contributed by atoms with E-state index in [2.05, 4.69) is 41.7 Å². The number of halogens is 5. The third-order valence-corrected chi connectivity index (χ3v) is 11.3.